The molecule has 1 aliphatic rings. The van der Waals surface area contributed by atoms with E-state index in [1.807, 2.05) is 11.8 Å². The minimum Gasteiger partial charge on any atom is -0.349 e. The molecular weight excluding hydrogens is 285 g/mol. The number of nitrogens with one attached hydrogen (secondary N) is 1. The molecular formula is C14H17ClFNOS. The van der Waals surface area contributed by atoms with Gasteiger partial charge < -0.3 is 5.32 Å². The van der Waals surface area contributed by atoms with Crippen LogP contribution >= 0.6 is 23.4 Å². The number of hydrogen-bond acceptors (Lipinski definition) is 2. The highest BCUT2D eigenvalue weighted by molar-refractivity contribution is 7.99. The smallest absolute Gasteiger partial charge is 0.255 e. The molecule has 19 heavy (non-hydrogen) atoms. The molecule has 2 rings (SSSR count). The summed E-state index contributed by atoms with van der Waals surface area (Å²) in [5, 5.41) is 3.65. The minimum atomic E-state index is -0.567. The number of carbonyl (C=O) groups is 1. The van der Waals surface area contributed by atoms with Crippen LogP contribution in [0.15, 0.2) is 18.2 Å². The van der Waals surface area contributed by atoms with E-state index in [1.165, 1.54) is 24.6 Å². The molecule has 0 bridgehead atoms. The van der Waals surface area contributed by atoms with Crippen molar-refractivity contribution in [1.29, 1.82) is 0 Å². The van der Waals surface area contributed by atoms with E-state index in [4.69, 9.17) is 11.6 Å². The maximum absolute atomic E-state index is 13.6. The van der Waals surface area contributed by atoms with Gasteiger partial charge in [-0.05, 0) is 37.7 Å². The molecule has 1 fully saturated rings. The van der Waals surface area contributed by atoms with Gasteiger partial charge >= 0.3 is 0 Å². The van der Waals surface area contributed by atoms with Gasteiger partial charge in [-0.3, -0.25) is 4.79 Å². The Bertz CT molecular complexity index is 449. The number of benzene rings is 1. The average Bonchev–Trinajstić information content (AvgIpc) is 2.38. The van der Waals surface area contributed by atoms with Crippen LogP contribution in [0.5, 0.6) is 0 Å². The first kappa shape index (κ1) is 14.7. The molecule has 1 aromatic carbocycles. The standard InChI is InChI=1S/C14H17ClFNOS/c1-19-10-5-2-4-9(8-10)17-14(18)13-11(15)6-3-7-12(13)16/h3,6-7,9-10H,2,4-5,8H2,1H3,(H,17,18)/t9-,10-/m1/s1. The van der Waals surface area contributed by atoms with Crippen LogP contribution in [-0.4, -0.2) is 23.5 Å². The Balaban J connectivity index is 2.05. The van der Waals surface area contributed by atoms with E-state index < -0.39 is 11.7 Å². The van der Waals surface area contributed by atoms with E-state index >= 15 is 0 Å². The Morgan fingerprint density at radius 1 is 1.47 bits per heavy atom. The van der Waals surface area contributed by atoms with Crippen molar-refractivity contribution >= 4 is 29.3 Å². The Morgan fingerprint density at radius 3 is 2.95 bits per heavy atom. The third-order valence-electron chi connectivity index (χ3n) is 3.48. The molecule has 0 radical (unpaired) electrons. The fraction of sp³-hybridized carbons (Fsp3) is 0.500. The fourth-order valence-electron chi connectivity index (χ4n) is 2.46. The lowest BCUT2D eigenvalue weighted by molar-refractivity contribution is 0.0924. The lowest BCUT2D eigenvalue weighted by Crippen LogP contribution is -2.39. The summed E-state index contributed by atoms with van der Waals surface area (Å²) in [7, 11) is 0. The van der Waals surface area contributed by atoms with E-state index in [2.05, 4.69) is 11.6 Å². The maximum atomic E-state index is 13.6. The normalized spacial score (nSPS) is 23.1. The Hall–Kier alpha value is -0.740. The fourth-order valence-corrected chi connectivity index (χ4v) is 3.54. The molecule has 1 amide bonds. The van der Waals surface area contributed by atoms with Gasteiger partial charge in [-0.15, -0.1) is 0 Å². The lowest BCUT2D eigenvalue weighted by atomic mass is 9.94. The molecule has 1 aliphatic carbocycles. The third kappa shape index (κ3) is 3.63. The first-order valence-electron chi connectivity index (χ1n) is 6.39. The SMILES string of the molecule is CS[C@@H]1CCC[C@@H](NC(=O)c2c(F)cccc2Cl)C1. The first-order chi connectivity index (χ1) is 9.11. The summed E-state index contributed by atoms with van der Waals surface area (Å²) in [4.78, 5) is 12.1. The largest absolute Gasteiger partial charge is 0.349 e. The number of halogens is 2. The number of amides is 1. The molecule has 0 aliphatic heterocycles. The Kier molecular flexibility index (Phi) is 5.11. The number of hydrogen-bond donors (Lipinski definition) is 1. The predicted molar refractivity (Wildman–Crippen MR) is 78.4 cm³/mol. The van der Waals surface area contributed by atoms with Gasteiger partial charge in [-0.25, -0.2) is 4.39 Å². The zero-order valence-electron chi connectivity index (χ0n) is 10.8. The quantitative estimate of drug-likeness (QED) is 0.918. The number of rotatable bonds is 3. The Morgan fingerprint density at radius 2 is 2.26 bits per heavy atom. The summed E-state index contributed by atoms with van der Waals surface area (Å²) in [6, 6.07) is 4.41. The molecule has 0 unspecified atom stereocenters. The van der Waals surface area contributed by atoms with Crippen LogP contribution < -0.4 is 5.32 Å². The van der Waals surface area contributed by atoms with Crippen LogP contribution in [0.1, 0.15) is 36.0 Å². The predicted octanol–water partition coefficient (Wildman–Crippen LogP) is 3.88. The first-order valence-corrected chi connectivity index (χ1v) is 8.06. The minimum absolute atomic E-state index is 0.0459. The van der Waals surface area contributed by atoms with E-state index in [0.717, 1.165) is 19.3 Å². The zero-order valence-corrected chi connectivity index (χ0v) is 12.4. The summed E-state index contributed by atoms with van der Waals surface area (Å²) in [5.74, 6) is -0.975. The van der Waals surface area contributed by atoms with Crippen molar-refractivity contribution in [3.8, 4) is 0 Å². The van der Waals surface area contributed by atoms with Gasteiger partial charge in [0.15, 0.2) is 0 Å². The third-order valence-corrected chi connectivity index (χ3v) is 4.89. The van der Waals surface area contributed by atoms with Crippen molar-refractivity contribution in [2.45, 2.75) is 37.0 Å². The van der Waals surface area contributed by atoms with Crippen LogP contribution in [-0.2, 0) is 0 Å². The highest BCUT2D eigenvalue weighted by Gasteiger charge is 2.24. The summed E-state index contributed by atoms with van der Waals surface area (Å²) < 4.78 is 13.6. The van der Waals surface area contributed by atoms with Gasteiger partial charge in [0.25, 0.3) is 5.91 Å². The van der Waals surface area contributed by atoms with Crippen LogP contribution in [0.3, 0.4) is 0 Å². The molecule has 0 saturated heterocycles. The second-order valence-electron chi connectivity index (χ2n) is 4.79. The van der Waals surface area contributed by atoms with Crippen molar-refractivity contribution < 1.29 is 9.18 Å². The van der Waals surface area contributed by atoms with Crippen molar-refractivity contribution in [3.63, 3.8) is 0 Å². The molecule has 0 heterocycles. The zero-order chi connectivity index (χ0) is 13.8. The van der Waals surface area contributed by atoms with E-state index in [9.17, 15) is 9.18 Å². The van der Waals surface area contributed by atoms with E-state index in [0.29, 0.717) is 5.25 Å². The van der Waals surface area contributed by atoms with Crippen molar-refractivity contribution in [2.75, 3.05) is 6.26 Å². The van der Waals surface area contributed by atoms with Crippen molar-refractivity contribution in [2.24, 2.45) is 0 Å². The van der Waals surface area contributed by atoms with Gasteiger partial charge in [0.05, 0.1) is 10.6 Å². The van der Waals surface area contributed by atoms with Crippen LogP contribution in [0, 0.1) is 5.82 Å². The molecule has 2 nitrogen and oxygen atoms in total. The monoisotopic (exact) mass is 301 g/mol. The van der Waals surface area contributed by atoms with Gasteiger partial charge in [0.2, 0.25) is 0 Å². The van der Waals surface area contributed by atoms with Gasteiger partial charge in [0.1, 0.15) is 5.82 Å². The summed E-state index contributed by atoms with van der Waals surface area (Å²) >= 11 is 7.72. The molecule has 1 saturated carbocycles. The molecule has 104 valence electrons. The second kappa shape index (κ2) is 6.62. The second-order valence-corrected chi connectivity index (χ2v) is 6.34. The molecule has 1 aromatic rings. The molecule has 0 spiro atoms. The van der Waals surface area contributed by atoms with Gasteiger partial charge in [-0.2, -0.15) is 11.8 Å². The highest BCUT2D eigenvalue weighted by Crippen LogP contribution is 2.27. The molecule has 2 atom stereocenters. The number of thioether (sulfide) groups is 1. The maximum Gasteiger partial charge on any atom is 0.255 e. The van der Waals surface area contributed by atoms with Crippen molar-refractivity contribution in [3.05, 3.63) is 34.6 Å². The average molecular weight is 302 g/mol. The van der Waals surface area contributed by atoms with Gasteiger partial charge in [-0.1, -0.05) is 24.1 Å². The number of carbonyl (C=O) groups excluding carboxylic acids is 1. The van der Waals surface area contributed by atoms with E-state index in [1.54, 1.807) is 0 Å². The lowest BCUT2D eigenvalue weighted by Gasteiger charge is -2.28. The van der Waals surface area contributed by atoms with Crippen LogP contribution in [0.4, 0.5) is 4.39 Å². The summed E-state index contributed by atoms with van der Waals surface area (Å²) in [6.45, 7) is 0. The Labute approximate surface area is 122 Å². The summed E-state index contributed by atoms with van der Waals surface area (Å²) in [5.41, 5.74) is -0.0459. The molecule has 1 N–H and O–H groups in total. The van der Waals surface area contributed by atoms with Gasteiger partial charge in [0, 0.05) is 11.3 Å². The summed E-state index contributed by atoms with van der Waals surface area (Å²) in [6.07, 6.45) is 6.27. The van der Waals surface area contributed by atoms with Crippen molar-refractivity contribution in [1.82, 2.24) is 5.32 Å². The van der Waals surface area contributed by atoms with Crippen LogP contribution in [0.2, 0.25) is 5.02 Å². The molecule has 0 aromatic heterocycles. The van der Waals surface area contributed by atoms with E-state index in [-0.39, 0.29) is 16.6 Å². The van der Waals surface area contributed by atoms with Crippen LogP contribution in [0.25, 0.3) is 0 Å². The topological polar surface area (TPSA) is 29.1 Å². The molecule has 5 heteroatoms. The highest BCUT2D eigenvalue weighted by atomic mass is 35.5.